The first-order valence-corrected chi connectivity index (χ1v) is 7.54. The van der Waals surface area contributed by atoms with Crippen LogP contribution in [0.1, 0.15) is 63.6 Å². The fourth-order valence-electron chi connectivity index (χ4n) is 2.99. The number of nitrogens with one attached hydrogen (secondary N) is 1. The summed E-state index contributed by atoms with van der Waals surface area (Å²) in [6, 6.07) is 3.53. The van der Waals surface area contributed by atoms with Crippen molar-refractivity contribution in [2.45, 2.75) is 70.4 Å². The Labute approximate surface area is 111 Å². The van der Waals surface area contributed by atoms with Crippen LogP contribution in [0.2, 0.25) is 0 Å². The van der Waals surface area contributed by atoms with E-state index in [9.17, 15) is 0 Å². The molecule has 0 aliphatic heterocycles. The summed E-state index contributed by atoms with van der Waals surface area (Å²) >= 11 is 0. The van der Waals surface area contributed by atoms with E-state index in [1.807, 2.05) is 0 Å². The van der Waals surface area contributed by atoms with Crippen LogP contribution in [0.5, 0.6) is 0 Å². The van der Waals surface area contributed by atoms with Crippen molar-refractivity contribution in [2.75, 3.05) is 7.05 Å². The average molecular weight is 249 g/mol. The van der Waals surface area contributed by atoms with Crippen molar-refractivity contribution >= 4 is 0 Å². The minimum Gasteiger partial charge on any atom is -0.317 e. The molecule has 1 unspecified atom stereocenters. The van der Waals surface area contributed by atoms with Crippen LogP contribution in [0.4, 0.5) is 0 Å². The number of aryl methyl sites for hydroxylation is 1. The van der Waals surface area contributed by atoms with Gasteiger partial charge in [0.2, 0.25) is 0 Å². The monoisotopic (exact) mass is 249 g/mol. The van der Waals surface area contributed by atoms with Crippen LogP contribution >= 0.6 is 0 Å². The Balaban J connectivity index is 1.82. The molecule has 0 aromatic carbocycles. The van der Waals surface area contributed by atoms with Crippen molar-refractivity contribution in [2.24, 2.45) is 0 Å². The van der Waals surface area contributed by atoms with Gasteiger partial charge < -0.3 is 5.32 Å². The van der Waals surface area contributed by atoms with Gasteiger partial charge in [-0.25, -0.2) is 0 Å². The fourth-order valence-corrected chi connectivity index (χ4v) is 2.99. The first-order chi connectivity index (χ1) is 8.83. The summed E-state index contributed by atoms with van der Waals surface area (Å²) in [6.07, 6.45) is 12.4. The first-order valence-electron chi connectivity index (χ1n) is 7.54. The number of rotatable bonds is 7. The fraction of sp³-hybridized carbons (Fsp3) is 0.800. The summed E-state index contributed by atoms with van der Waals surface area (Å²) in [7, 11) is 2.07. The Bertz CT molecular complexity index is 339. The second kappa shape index (κ2) is 6.93. The molecule has 0 amide bonds. The van der Waals surface area contributed by atoms with Gasteiger partial charge in [0.25, 0.3) is 0 Å². The molecule has 1 aromatic heterocycles. The van der Waals surface area contributed by atoms with Crippen LogP contribution in [0.25, 0.3) is 0 Å². The zero-order chi connectivity index (χ0) is 12.8. The zero-order valence-electron chi connectivity index (χ0n) is 11.9. The summed E-state index contributed by atoms with van der Waals surface area (Å²) in [5.74, 6) is 0. The molecule has 0 spiro atoms. The molecule has 1 atom stereocenters. The molecule has 1 saturated carbocycles. The van der Waals surface area contributed by atoms with Gasteiger partial charge in [0.15, 0.2) is 0 Å². The molecule has 102 valence electrons. The second-order valence-electron chi connectivity index (χ2n) is 5.54. The van der Waals surface area contributed by atoms with Crippen LogP contribution in [-0.2, 0) is 6.42 Å². The van der Waals surface area contributed by atoms with Gasteiger partial charge in [0.05, 0.1) is 11.7 Å². The summed E-state index contributed by atoms with van der Waals surface area (Å²) in [6.45, 7) is 2.25. The quantitative estimate of drug-likeness (QED) is 0.803. The molecule has 1 fully saturated rings. The lowest BCUT2D eigenvalue weighted by Crippen LogP contribution is -2.25. The number of hydrogen-bond donors (Lipinski definition) is 1. The third-order valence-corrected chi connectivity index (χ3v) is 4.16. The van der Waals surface area contributed by atoms with E-state index in [1.165, 1.54) is 50.6 Å². The minimum atomic E-state index is 0.645. The van der Waals surface area contributed by atoms with E-state index in [-0.39, 0.29) is 0 Å². The SMILES string of the molecule is CCCC(CCc1ccn(C2CCCC2)n1)NC. The topological polar surface area (TPSA) is 29.9 Å². The Morgan fingerprint density at radius 3 is 2.83 bits per heavy atom. The van der Waals surface area contributed by atoms with E-state index in [0.717, 1.165) is 6.42 Å². The van der Waals surface area contributed by atoms with Gasteiger partial charge in [-0.3, -0.25) is 4.68 Å². The van der Waals surface area contributed by atoms with Gasteiger partial charge in [-0.2, -0.15) is 5.10 Å². The van der Waals surface area contributed by atoms with Gasteiger partial charge in [-0.05, 0) is 45.2 Å². The smallest absolute Gasteiger partial charge is 0.0625 e. The van der Waals surface area contributed by atoms with Gasteiger partial charge >= 0.3 is 0 Å². The lowest BCUT2D eigenvalue weighted by molar-refractivity contribution is 0.454. The predicted octanol–water partition coefficient (Wildman–Crippen LogP) is 3.32. The van der Waals surface area contributed by atoms with E-state index in [0.29, 0.717) is 12.1 Å². The molecule has 0 radical (unpaired) electrons. The third kappa shape index (κ3) is 3.58. The Morgan fingerprint density at radius 2 is 2.17 bits per heavy atom. The Hall–Kier alpha value is -0.830. The zero-order valence-corrected chi connectivity index (χ0v) is 11.9. The van der Waals surface area contributed by atoms with Crippen LogP contribution in [0.15, 0.2) is 12.3 Å². The number of hydrogen-bond acceptors (Lipinski definition) is 2. The van der Waals surface area contributed by atoms with Gasteiger partial charge in [-0.15, -0.1) is 0 Å². The van der Waals surface area contributed by atoms with E-state index < -0.39 is 0 Å². The molecule has 0 bridgehead atoms. The molecule has 0 saturated heterocycles. The molecule has 1 aliphatic rings. The van der Waals surface area contributed by atoms with E-state index in [2.05, 4.69) is 36.2 Å². The Morgan fingerprint density at radius 1 is 1.39 bits per heavy atom. The van der Waals surface area contributed by atoms with Crippen LogP contribution in [-0.4, -0.2) is 22.9 Å². The normalized spacial score (nSPS) is 18.3. The van der Waals surface area contributed by atoms with E-state index >= 15 is 0 Å². The highest BCUT2D eigenvalue weighted by atomic mass is 15.3. The van der Waals surface area contributed by atoms with Crippen LogP contribution in [0, 0.1) is 0 Å². The molecule has 18 heavy (non-hydrogen) atoms. The van der Waals surface area contributed by atoms with Crippen molar-refractivity contribution < 1.29 is 0 Å². The summed E-state index contributed by atoms with van der Waals surface area (Å²) in [5, 5.41) is 8.15. The molecule has 1 aromatic rings. The molecule has 2 rings (SSSR count). The number of nitrogens with zero attached hydrogens (tertiary/aromatic N) is 2. The molecular formula is C15H27N3. The highest BCUT2D eigenvalue weighted by Crippen LogP contribution is 2.28. The van der Waals surface area contributed by atoms with Crippen molar-refractivity contribution in [3.05, 3.63) is 18.0 Å². The molecule has 3 heteroatoms. The van der Waals surface area contributed by atoms with Gasteiger partial charge in [0, 0.05) is 12.2 Å². The minimum absolute atomic E-state index is 0.645. The van der Waals surface area contributed by atoms with Crippen molar-refractivity contribution in [3.63, 3.8) is 0 Å². The second-order valence-corrected chi connectivity index (χ2v) is 5.54. The molecule has 1 N–H and O–H groups in total. The maximum atomic E-state index is 4.75. The molecule has 1 aliphatic carbocycles. The maximum absolute atomic E-state index is 4.75. The van der Waals surface area contributed by atoms with E-state index in [1.54, 1.807) is 0 Å². The highest BCUT2D eigenvalue weighted by molar-refractivity contribution is 5.01. The Kier molecular flexibility index (Phi) is 5.24. The lowest BCUT2D eigenvalue weighted by Gasteiger charge is -2.14. The predicted molar refractivity (Wildman–Crippen MR) is 75.8 cm³/mol. The summed E-state index contributed by atoms with van der Waals surface area (Å²) in [5.41, 5.74) is 1.26. The molecule has 1 heterocycles. The third-order valence-electron chi connectivity index (χ3n) is 4.16. The van der Waals surface area contributed by atoms with Crippen LogP contribution < -0.4 is 5.32 Å². The van der Waals surface area contributed by atoms with Crippen molar-refractivity contribution in [1.29, 1.82) is 0 Å². The average Bonchev–Trinajstić information content (AvgIpc) is 3.04. The van der Waals surface area contributed by atoms with Gasteiger partial charge in [0.1, 0.15) is 0 Å². The maximum Gasteiger partial charge on any atom is 0.0625 e. The number of aromatic nitrogens is 2. The van der Waals surface area contributed by atoms with Crippen LogP contribution in [0.3, 0.4) is 0 Å². The molecular weight excluding hydrogens is 222 g/mol. The lowest BCUT2D eigenvalue weighted by atomic mass is 10.1. The summed E-state index contributed by atoms with van der Waals surface area (Å²) < 4.78 is 2.20. The standard InChI is InChI=1S/C15H27N3/c1-3-6-13(16-2)9-10-14-11-12-18(17-14)15-7-4-5-8-15/h11-13,15-16H,3-10H2,1-2H3. The van der Waals surface area contributed by atoms with Crippen molar-refractivity contribution in [3.8, 4) is 0 Å². The van der Waals surface area contributed by atoms with Crippen molar-refractivity contribution in [1.82, 2.24) is 15.1 Å². The largest absolute Gasteiger partial charge is 0.317 e. The summed E-state index contributed by atoms with van der Waals surface area (Å²) in [4.78, 5) is 0. The molecule has 3 nitrogen and oxygen atoms in total. The van der Waals surface area contributed by atoms with Gasteiger partial charge in [-0.1, -0.05) is 26.2 Å². The first kappa shape index (κ1) is 13.6. The van der Waals surface area contributed by atoms with E-state index in [4.69, 9.17) is 5.10 Å². The highest BCUT2D eigenvalue weighted by Gasteiger charge is 2.17.